The number of carbonyl (C=O) groups excluding carboxylic acids is 1. The molecule has 0 fully saturated rings. The van der Waals surface area contributed by atoms with Crippen molar-refractivity contribution in [1.29, 1.82) is 0 Å². The van der Waals surface area contributed by atoms with Gasteiger partial charge in [0.2, 0.25) is 15.9 Å². The summed E-state index contributed by atoms with van der Waals surface area (Å²) in [5.74, 6) is 0.789. The van der Waals surface area contributed by atoms with Crippen molar-refractivity contribution in [2.45, 2.75) is 19.5 Å². The van der Waals surface area contributed by atoms with E-state index in [-0.39, 0.29) is 6.54 Å². The molecule has 3 aromatic carbocycles. The molecule has 0 aliphatic carbocycles. The second-order valence-electron chi connectivity index (χ2n) is 6.95. The largest absolute Gasteiger partial charge is 0.457 e. The van der Waals surface area contributed by atoms with Crippen LogP contribution in [0.1, 0.15) is 12.5 Å². The first-order valence-electron chi connectivity index (χ1n) is 9.59. The number of nitrogens with zero attached hydrogens (tertiary/aromatic N) is 1. The van der Waals surface area contributed by atoms with E-state index in [2.05, 4.69) is 5.32 Å². The second kappa shape index (κ2) is 9.85. The van der Waals surface area contributed by atoms with E-state index in [4.69, 9.17) is 16.3 Å². The summed E-state index contributed by atoms with van der Waals surface area (Å²) >= 11 is 6.12. The Kier molecular flexibility index (Phi) is 7.20. The smallest absolute Gasteiger partial charge is 0.243 e. The predicted octanol–water partition coefficient (Wildman–Crippen LogP) is 4.60. The maximum Gasteiger partial charge on any atom is 0.243 e. The van der Waals surface area contributed by atoms with E-state index in [9.17, 15) is 13.2 Å². The highest BCUT2D eigenvalue weighted by Crippen LogP contribution is 2.27. The van der Waals surface area contributed by atoms with Gasteiger partial charge in [-0.3, -0.25) is 9.10 Å². The van der Waals surface area contributed by atoms with Crippen LogP contribution in [-0.4, -0.2) is 26.6 Å². The molecule has 0 bridgehead atoms. The molecule has 6 nitrogen and oxygen atoms in total. The van der Waals surface area contributed by atoms with Crippen molar-refractivity contribution in [3.63, 3.8) is 0 Å². The molecule has 0 aromatic heterocycles. The molecule has 1 atom stereocenters. The van der Waals surface area contributed by atoms with Crippen LogP contribution in [0.4, 0.5) is 5.69 Å². The molecular formula is C23H23ClN2O4S. The quantitative estimate of drug-likeness (QED) is 0.535. The number of ether oxygens (including phenoxy) is 1. The van der Waals surface area contributed by atoms with Gasteiger partial charge in [0.15, 0.2) is 0 Å². The summed E-state index contributed by atoms with van der Waals surface area (Å²) in [5, 5.41) is 3.28. The molecule has 0 aliphatic rings. The molecule has 0 saturated heterocycles. The van der Waals surface area contributed by atoms with Gasteiger partial charge in [0.05, 0.1) is 11.9 Å². The number of para-hydroxylation sites is 1. The Hall–Kier alpha value is -3.03. The first kappa shape index (κ1) is 22.7. The Morgan fingerprint density at radius 3 is 2.16 bits per heavy atom. The van der Waals surface area contributed by atoms with Gasteiger partial charge in [0.25, 0.3) is 0 Å². The molecule has 1 unspecified atom stereocenters. The van der Waals surface area contributed by atoms with Gasteiger partial charge >= 0.3 is 0 Å². The zero-order chi connectivity index (χ0) is 22.4. The standard InChI is InChI=1S/C23H23ClN2O4S/c1-17(23(27)25-16-18-8-6-7-11-22(18)24)26(31(2,28)29)19-12-14-21(15-13-19)30-20-9-4-3-5-10-20/h3-15,17H,16H2,1-2H3,(H,25,27). The Morgan fingerprint density at radius 1 is 0.968 bits per heavy atom. The lowest BCUT2D eigenvalue weighted by molar-refractivity contribution is -0.122. The normalized spacial score (nSPS) is 12.1. The maximum absolute atomic E-state index is 12.7. The van der Waals surface area contributed by atoms with E-state index in [0.717, 1.165) is 16.1 Å². The van der Waals surface area contributed by atoms with Crippen LogP contribution in [0.2, 0.25) is 5.02 Å². The average molecular weight is 459 g/mol. The van der Waals surface area contributed by atoms with Crippen LogP contribution in [0, 0.1) is 0 Å². The first-order chi connectivity index (χ1) is 14.8. The number of benzene rings is 3. The van der Waals surface area contributed by atoms with Gasteiger partial charge in [-0.15, -0.1) is 0 Å². The number of anilines is 1. The fourth-order valence-electron chi connectivity index (χ4n) is 3.07. The number of rotatable bonds is 8. The summed E-state index contributed by atoms with van der Waals surface area (Å²) < 4.78 is 31.8. The number of amides is 1. The van der Waals surface area contributed by atoms with Crippen molar-refractivity contribution in [2.75, 3.05) is 10.6 Å². The Balaban J connectivity index is 1.75. The third kappa shape index (κ3) is 5.99. The molecule has 8 heteroatoms. The number of halogens is 1. The topological polar surface area (TPSA) is 75.7 Å². The molecule has 0 spiro atoms. The number of hydrogen-bond donors (Lipinski definition) is 1. The average Bonchev–Trinajstić information content (AvgIpc) is 2.74. The minimum atomic E-state index is -3.72. The number of carbonyl (C=O) groups is 1. The van der Waals surface area contributed by atoms with Gasteiger partial charge in [-0.1, -0.05) is 48.0 Å². The maximum atomic E-state index is 12.7. The molecular weight excluding hydrogens is 436 g/mol. The van der Waals surface area contributed by atoms with Crippen molar-refractivity contribution in [1.82, 2.24) is 5.32 Å². The molecule has 1 N–H and O–H groups in total. The zero-order valence-electron chi connectivity index (χ0n) is 17.2. The van der Waals surface area contributed by atoms with E-state index in [0.29, 0.717) is 22.2 Å². The molecule has 3 aromatic rings. The molecule has 0 aliphatic heterocycles. The van der Waals surface area contributed by atoms with E-state index in [1.807, 2.05) is 36.4 Å². The monoisotopic (exact) mass is 458 g/mol. The third-order valence-corrected chi connectivity index (χ3v) is 6.18. The molecule has 1 amide bonds. The Bertz CT molecular complexity index is 1140. The lowest BCUT2D eigenvalue weighted by Crippen LogP contribution is -2.47. The van der Waals surface area contributed by atoms with E-state index < -0.39 is 22.0 Å². The van der Waals surface area contributed by atoms with Gasteiger partial charge < -0.3 is 10.1 Å². The summed E-state index contributed by atoms with van der Waals surface area (Å²) in [6.07, 6.45) is 1.07. The highest BCUT2D eigenvalue weighted by atomic mass is 35.5. The van der Waals surface area contributed by atoms with Gasteiger partial charge in [0.1, 0.15) is 17.5 Å². The summed E-state index contributed by atoms with van der Waals surface area (Å²) in [7, 11) is -3.72. The van der Waals surface area contributed by atoms with Crippen molar-refractivity contribution < 1.29 is 17.9 Å². The second-order valence-corrected chi connectivity index (χ2v) is 9.22. The minimum absolute atomic E-state index is 0.199. The molecule has 0 radical (unpaired) electrons. The minimum Gasteiger partial charge on any atom is -0.457 e. The van der Waals surface area contributed by atoms with Crippen LogP contribution in [-0.2, 0) is 21.4 Å². The summed E-state index contributed by atoms with van der Waals surface area (Å²) in [5.41, 5.74) is 1.11. The highest BCUT2D eigenvalue weighted by molar-refractivity contribution is 7.92. The third-order valence-electron chi connectivity index (χ3n) is 4.57. The summed E-state index contributed by atoms with van der Waals surface area (Å²) in [4.78, 5) is 12.7. The van der Waals surface area contributed by atoms with Crippen molar-refractivity contribution in [3.8, 4) is 11.5 Å². The van der Waals surface area contributed by atoms with Crippen molar-refractivity contribution in [2.24, 2.45) is 0 Å². The number of nitrogens with one attached hydrogen (secondary N) is 1. The van der Waals surface area contributed by atoms with E-state index in [1.165, 1.54) is 6.92 Å². The summed E-state index contributed by atoms with van der Waals surface area (Å²) in [6.45, 7) is 1.74. The molecule has 3 rings (SSSR count). The fourth-order valence-corrected chi connectivity index (χ4v) is 4.44. The van der Waals surface area contributed by atoms with Crippen LogP contribution in [0.3, 0.4) is 0 Å². The van der Waals surface area contributed by atoms with Crippen molar-refractivity contribution in [3.05, 3.63) is 89.4 Å². The van der Waals surface area contributed by atoms with E-state index >= 15 is 0 Å². The molecule has 0 saturated carbocycles. The van der Waals surface area contributed by atoms with Crippen LogP contribution >= 0.6 is 11.6 Å². The Labute approximate surface area is 187 Å². The number of sulfonamides is 1. The summed E-state index contributed by atoms with van der Waals surface area (Å²) in [6, 6.07) is 22.0. The highest BCUT2D eigenvalue weighted by Gasteiger charge is 2.29. The van der Waals surface area contributed by atoms with Crippen molar-refractivity contribution >= 4 is 33.2 Å². The SMILES string of the molecule is CC(C(=O)NCc1ccccc1Cl)N(c1ccc(Oc2ccccc2)cc1)S(C)(=O)=O. The van der Waals surface area contributed by atoms with Crippen LogP contribution < -0.4 is 14.4 Å². The molecule has 162 valence electrons. The van der Waals surface area contributed by atoms with E-state index in [1.54, 1.807) is 42.5 Å². The zero-order valence-corrected chi connectivity index (χ0v) is 18.7. The van der Waals surface area contributed by atoms with Crippen LogP contribution in [0.5, 0.6) is 11.5 Å². The van der Waals surface area contributed by atoms with Crippen LogP contribution in [0.15, 0.2) is 78.9 Å². The van der Waals surface area contributed by atoms with Gasteiger partial charge in [0, 0.05) is 11.6 Å². The lowest BCUT2D eigenvalue weighted by Gasteiger charge is -2.28. The first-order valence-corrected chi connectivity index (χ1v) is 11.8. The van der Waals surface area contributed by atoms with Gasteiger partial charge in [-0.25, -0.2) is 8.42 Å². The fraction of sp³-hybridized carbons (Fsp3) is 0.174. The molecule has 31 heavy (non-hydrogen) atoms. The van der Waals surface area contributed by atoms with Gasteiger partial charge in [-0.2, -0.15) is 0 Å². The predicted molar refractivity (Wildman–Crippen MR) is 123 cm³/mol. The van der Waals surface area contributed by atoms with Gasteiger partial charge in [-0.05, 0) is 55.0 Å². The molecule has 0 heterocycles. The van der Waals surface area contributed by atoms with Crippen LogP contribution in [0.25, 0.3) is 0 Å². The number of hydrogen-bond acceptors (Lipinski definition) is 4. The Morgan fingerprint density at radius 2 is 1.55 bits per heavy atom. The lowest BCUT2D eigenvalue weighted by atomic mass is 10.2.